The Morgan fingerprint density at radius 2 is 1.89 bits per heavy atom. The lowest BCUT2D eigenvalue weighted by atomic mass is 10.1. The molecule has 2 aromatic carbocycles. The molecule has 0 aromatic heterocycles. The predicted octanol–water partition coefficient (Wildman–Crippen LogP) is 4.71. The van der Waals surface area contributed by atoms with Gasteiger partial charge in [-0.1, -0.05) is 12.1 Å². The molecule has 0 aliphatic heterocycles. The predicted molar refractivity (Wildman–Crippen MR) is 78.0 cm³/mol. The molecule has 1 atom stereocenters. The van der Waals surface area contributed by atoms with Crippen molar-refractivity contribution in [1.29, 1.82) is 0 Å². The molecule has 0 heterocycles. The number of rotatable bonds is 3. The number of hydrogen-bond acceptors (Lipinski definition) is 2. The number of hydrogen-bond donors (Lipinski definition) is 1. The molecular formula is C15H15BrFNO. The van der Waals surface area contributed by atoms with Gasteiger partial charge in [0, 0.05) is 12.1 Å². The maximum atomic E-state index is 13.2. The molecular weight excluding hydrogens is 309 g/mol. The van der Waals surface area contributed by atoms with Crippen LogP contribution in [0.3, 0.4) is 0 Å². The Kier molecular flexibility index (Phi) is 4.22. The Labute approximate surface area is 120 Å². The zero-order chi connectivity index (χ0) is 14.0. The van der Waals surface area contributed by atoms with E-state index < -0.39 is 0 Å². The average molecular weight is 324 g/mol. The molecule has 0 aliphatic rings. The van der Waals surface area contributed by atoms with Gasteiger partial charge in [0.2, 0.25) is 0 Å². The van der Waals surface area contributed by atoms with E-state index in [1.807, 2.05) is 32.0 Å². The minimum Gasteiger partial charge on any atom is -0.456 e. The monoisotopic (exact) mass is 323 g/mol. The average Bonchev–Trinajstić information content (AvgIpc) is 2.36. The van der Waals surface area contributed by atoms with E-state index in [0.29, 0.717) is 11.5 Å². The normalized spacial score (nSPS) is 12.3. The SMILES string of the molecule is Cc1ccc(F)cc1Oc1ccc([C@@H](C)N)cc1Br. The van der Waals surface area contributed by atoms with Crippen molar-refractivity contribution in [2.24, 2.45) is 5.73 Å². The largest absolute Gasteiger partial charge is 0.456 e. The van der Waals surface area contributed by atoms with Gasteiger partial charge in [-0.05, 0) is 59.1 Å². The molecule has 0 radical (unpaired) electrons. The highest BCUT2D eigenvalue weighted by Gasteiger charge is 2.08. The Hall–Kier alpha value is -1.39. The van der Waals surface area contributed by atoms with E-state index >= 15 is 0 Å². The first-order chi connectivity index (χ1) is 8.97. The van der Waals surface area contributed by atoms with Crippen molar-refractivity contribution in [3.8, 4) is 11.5 Å². The van der Waals surface area contributed by atoms with E-state index in [4.69, 9.17) is 10.5 Å². The molecule has 0 spiro atoms. The molecule has 4 heteroatoms. The minimum absolute atomic E-state index is 0.0405. The number of aryl methyl sites for hydroxylation is 1. The van der Waals surface area contributed by atoms with Crippen LogP contribution in [0, 0.1) is 12.7 Å². The Morgan fingerprint density at radius 3 is 2.53 bits per heavy atom. The number of halogens is 2. The Balaban J connectivity index is 2.31. The lowest BCUT2D eigenvalue weighted by molar-refractivity contribution is 0.469. The van der Waals surface area contributed by atoms with Gasteiger partial charge < -0.3 is 10.5 Å². The molecule has 0 bridgehead atoms. The first kappa shape index (κ1) is 14.0. The van der Waals surface area contributed by atoms with Crippen LogP contribution < -0.4 is 10.5 Å². The van der Waals surface area contributed by atoms with Crippen LogP contribution >= 0.6 is 15.9 Å². The summed E-state index contributed by atoms with van der Waals surface area (Å²) in [6.45, 7) is 3.79. The van der Waals surface area contributed by atoms with Crippen molar-refractivity contribution >= 4 is 15.9 Å². The smallest absolute Gasteiger partial charge is 0.141 e. The zero-order valence-corrected chi connectivity index (χ0v) is 12.4. The van der Waals surface area contributed by atoms with Gasteiger partial charge in [-0.3, -0.25) is 0 Å². The van der Waals surface area contributed by atoms with Crippen LogP contribution in [-0.4, -0.2) is 0 Å². The third-order valence-corrected chi connectivity index (χ3v) is 3.47. The highest BCUT2D eigenvalue weighted by molar-refractivity contribution is 9.10. The molecule has 19 heavy (non-hydrogen) atoms. The second-order valence-corrected chi connectivity index (χ2v) is 5.34. The van der Waals surface area contributed by atoms with E-state index in [0.717, 1.165) is 15.6 Å². The van der Waals surface area contributed by atoms with E-state index in [2.05, 4.69) is 15.9 Å². The van der Waals surface area contributed by atoms with Gasteiger partial charge in [0.25, 0.3) is 0 Å². The van der Waals surface area contributed by atoms with Crippen molar-refractivity contribution in [3.63, 3.8) is 0 Å². The Bertz CT molecular complexity index is 599. The standard InChI is InChI=1S/C15H15BrFNO/c1-9-3-5-12(17)8-15(9)19-14-6-4-11(10(2)18)7-13(14)16/h3-8,10H,18H2,1-2H3/t10-/m1/s1. The van der Waals surface area contributed by atoms with Gasteiger partial charge in [-0.15, -0.1) is 0 Å². The molecule has 0 saturated carbocycles. The molecule has 0 aliphatic carbocycles. The third kappa shape index (κ3) is 3.33. The number of benzene rings is 2. The van der Waals surface area contributed by atoms with Gasteiger partial charge in [0.1, 0.15) is 17.3 Å². The van der Waals surface area contributed by atoms with Gasteiger partial charge in [-0.2, -0.15) is 0 Å². The maximum absolute atomic E-state index is 13.2. The van der Waals surface area contributed by atoms with Crippen molar-refractivity contribution in [1.82, 2.24) is 0 Å². The van der Waals surface area contributed by atoms with Gasteiger partial charge in [-0.25, -0.2) is 4.39 Å². The summed E-state index contributed by atoms with van der Waals surface area (Å²) in [5.74, 6) is 0.830. The van der Waals surface area contributed by atoms with Crippen LogP contribution in [0.1, 0.15) is 24.1 Å². The molecule has 2 rings (SSSR count). The van der Waals surface area contributed by atoms with Crippen LogP contribution in [0.5, 0.6) is 11.5 Å². The number of nitrogens with two attached hydrogens (primary N) is 1. The quantitative estimate of drug-likeness (QED) is 0.887. The van der Waals surface area contributed by atoms with Crippen molar-refractivity contribution < 1.29 is 9.13 Å². The van der Waals surface area contributed by atoms with E-state index in [-0.39, 0.29) is 11.9 Å². The number of ether oxygens (including phenoxy) is 1. The summed E-state index contributed by atoms with van der Waals surface area (Å²) in [7, 11) is 0. The van der Waals surface area contributed by atoms with E-state index in [1.54, 1.807) is 6.07 Å². The van der Waals surface area contributed by atoms with Crippen molar-refractivity contribution in [2.45, 2.75) is 19.9 Å². The van der Waals surface area contributed by atoms with Crippen molar-refractivity contribution in [3.05, 3.63) is 57.8 Å². The minimum atomic E-state index is -0.316. The first-order valence-corrected chi connectivity index (χ1v) is 6.75. The van der Waals surface area contributed by atoms with Crippen molar-refractivity contribution in [2.75, 3.05) is 0 Å². The summed E-state index contributed by atoms with van der Waals surface area (Å²) < 4.78 is 19.7. The maximum Gasteiger partial charge on any atom is 0.141 e. The first-order valence-electron chi connectivity index (χ1n) is 5.96. The summed E-state index contributed by atoms with van der Waals surface area (Å²) in [5, 5.41) is 0. The summed E-state index contributed by atoms with van der Waals surface area (Å²) in [5.41, 5.74) is 7.71. The highest BCUT2D eigenvalue weighted by Crippen LogP contribution is 2.33. The molecule has 2 nitrogen and oxygen atoms in total. The highest BCUT2D eigenvalue weighted by atomic mass is 79.9. The molecule has 0 fully saturated rings. The molecule has 0 saturated heterocycles. The lowest BCUT2D eigenvalue weighted by Crippen LogP contribution is -2.04. The molecule has 0 unspecified atom stereocenters. The van der Waals surface area contributed by atoms with Gasteiger partial charge in [0.15, 0.2) is 0 Å². The van der Waals surface area contributed by atoms with E-state index in [9.17, 15) is 4.39 Å². The van der Waals surface area contributed by atoms with Crippen LogP contribution in [0.4, 0.5) is 4.39 Å². The fraction of sp³-hybridized carbons (Fsp3) is 0.200. The zero-order valence-electron chi connectivity index (χ0n) is 10.8. The second-order valence-electron chi connectivity index (χ2n) is 4.49. The topological polar surface area (TPSA) is 35.2 Å². The molecule has 100 valence electrons. The van der Waals surface area contributed by atoms with Crippen LogP contribution in [0.2, 0.25) is 0 Å². The molecule has 2 aromatic rings. The summed E-state index contributed by atoms with van der Waals surface area (Å²) in [4.78, 5) is 0. The van der Waals surface area contributed by atoms with Crippen LogP contribution in [0.25, 0.3) is 0 Å². The Morgan fingerprint density at radius 1 is 1.16 bits per heavy atom. The third-order valence-electron chi connectivity index (χ3n) is 2.85. The molecule has 2 N–H and O–H groups in total. The summed E-state index contributed by atoms with van der Waals surface area (Å²) in [6.07, 6.45) is 0. The fourth-order valence-electron chi connectivity index (χ4n) is 1.69. The van der Waals surface area contributed by atoms with Crippen LogP contribution in [-0.2, 0) is 0 Å². The van der Waals surface area contributed by atoms with E-state index in [1.165, 1.54) is 12.1 Å². The summed E-state index contributed by atoms with van der Waals surface area (Å²) in [6, 6.07) is 10.1. The molecule has 0 amide bonds. The van der Waals surface area contributed by atoms with Crippen LogP contribution in [0.15, 0.2) is 40.9 Å². The van der Waals surface area contributed by atoms with Gasteiger partial charge >= 0.3 is 0 Å². The second kappa shape index (κ2) is 5.72. The van der Waals surface area contributed by atoms with Gasteiger partial charge in [0.05, 0.1) is 4.47 Å². The fourth-order valence-corrected chi connectivity index (χ4v) is 2.16. The summed E-state index contributed by atoms with van der Waals surface area (Å²) >= 11 is 3.44. The lowest BCUT2D eigenvalue weighted by Gasteiger charge is -2.12.